The SMILES string of the molecule is Cc1ccc(-c2c[nH]c(-c3cnc4c(n3)C(C)(C)CC4(C)C)c2)cc1. The molecule has 0 unspecified atom stereocenters. The van der Waals surface area contributed by atoms with Crippen LogP contribution < -0.4 is 0 Å². The van der Waals surface area contributed by atoms with E-state index in [2.05, 4.69) is 69.9 Å². The Morgan fingerprint density at radius 2 is 1.60 bits per heavy atom. The van der Waals surface area contributed by atoms with Gasteiger partial charge in [-0.2, -0.15) is 0 Å². The molecule has 0 fully saturated rings. The Labute approximate surface area is 149 Å². The molecular weight excluding hydrogens is 306 g/mol. The summed E-state index contributed by atoms with van der Waals surface area (Å²) in [6.07, 6.45) is 5.04. The van der Waals surface area contributed by atoms with Crippen molar-refractivity contribution in [3.05, 3.63) is 59.7 Å². The largest absolute Gasteiger partial charge is 0.359 e. The summed E-state index contributed by atoms with van der Waals surface area (Å²) < 4.78 is 0. The summed E-state index contributed by atoms with van der Waals surface area (Å²) in [5.41, 5.74) is 8.04. The van der Waals surface area contributed by atoms with Crippen LogP contribution in [0.1, 0.15) is 51.1 Å². The highest BCUT2D eigenvalue weighted by Gasteiger charge is 2.44. The third-order valence-corrected chi connectivity index (χ3v) is 5.28. The Balaban J connectivity index is 1.74. The van der Waals surface area contributed by atoms with Crippen LogP contribution in [0, 0.1) is 6.92 Å². The van der Waals surface area contributed by atoms with Crippen LogP contribution >= 0.6 is 0 Å². The highest BCUT2D eigenvalue weighted by atomic mass is 14.9. The number of nitrogens with one attached hydrogen (secondary N) is 1. The van der Waals surface area contributed by atoms with Gasteiger partial charge in [0.1, 0.15) is 5.69 Å². The number of aromatic nitrogens is 3. The van der Waals surface area contributed by atoms with Crippen LogP contribution in [-0.2, 0) is 10.8 Å². The number of nitrogens with zero attached hydrogens (tertiary/aromatic N) is 2. The van der Waals surface area contributed by atoms with E-state index >= 15 is 0 Å². The molecule has 25 heavy (non-hydrogen) atoms. The van der Waals surface area contributed by atoms with Crippen LogP contribution in [-0.4, -0.2) is 15.0 Å². The summed E-state index contributed by atoms with van der Waals surface area (Å²) in [5.74, 6) is 0. The molecule has 2 heterocycles. The molecule has 0 amide bonds. The van der Waals surface area contributed by atoms with Gasteiger partial charge >= 0.3 is 0 Å². The van der Waals surface area contributed by atoms with E-state index < -0.39 is 0 Å². The third kappa shape index (κ3) is 2.68. The number of aryl methyl sites for hydroxylation is 1. The van der Waals surface area contributed by atoms with Crippen molar-refractivity contribution in [2.75, 3.05) is 0 Å². The van der Waals surface area contributed by atoms with Crippen LogP contribution in [0.25, 0.3) is 22.5 Å². The monoisotopic (exact) mass is 331 g/mol. The van der Waals surface area contributed by atoms with Crippen molar-refractivity contribution >= 4 is 0 Å². The first-order chi connectivity index (χ1) is 11.8. The first kappa shape index (κ1) is 16.1. The lowest BCUT2D eigenvalue weighted by Crippen LogP contribution is -2.18. The molecule has 1 aliphatic rings. The van der Waals surface area contributed by atoms with Crippen molar-refractivity contribution in [3.63, 3.8) is 0 Å². The summed E-state index contributed by atoms with van der Waals surface area (Å²) in [6, 6.07) is 10.8. The smallest absolute Gasteiger partial charge is 0.105 e. The van der Waals surface area contributed by atoms with E-state index in [0.717, 1.165) is 29.2 Å². The number of hydrogen-bond donors (Lipinski definition) is 1. The molecule has 128 valence electrons. The van der Waals surface area contributed by atoms with Crippen LogP contribution in [0.3, 0.4) is 0 Å². The fourth-order valence-corrected chi connectivity index (χ4v) is 4.21. The van der Waals surface area contributed by atoms with E-state index in [1.165, 1.54) is 16.7 Å². The zero-order chi connectivity index (χ0) is 17.8. The summed E-state index contributed by atoms with van der Waals surface area (Å²) in [6.45, 7) is 11.2. The minimum atomic E-state index is 0.0637. The maximum Gasteiger partial charge on any atom is 0.105 e. The number of benzene rings is 1. The molecular formula is C22H25N3. The Kier molecular flexibility index (Phi) is 3.40. The Bertz CT molecular complexity index is 930. The van der Waals surface area contributed by atoms with Gasteiger partial charge in [-0.1, -0.05) is 57.5 Å². The number of fused-ring (bicyclic) bond motifs is 1. The molecule has 3 nitrogen and oxygen atoms in total. The van der Waals surface area contributed by atoms with E-state index in [1.54, 1.807) is 0 Å². The molecule has 0 bridgehead atoms. The average molecular weight is 331 g/mol. The van der Waals surface area contributed by atoms with Gasteiger partial charge < -0.3 is 4.98 Å². The minimum Gasteiger partial charge on any atom is -0.359 e. The van der Waals surface area contributed by atoms with Crippen molar-refractivity contribution in [1.29, 1.82) is 0 Å². The maximum absolute atomic E-state index is 5.00. The second-order valence-corrected chi connectivity index (χ2v) is 8.57. The lowest BCUT2D eigenvalue weighted by atomic mass is 9.83. The molecule has 0 saturated heterocycles. The van der Waals surface area contributed by atoms with Gasteiger partial charge in [-0.25, -0.2) is 4.98 Å². The van der Waals surface area contributed by atoms with Crippen LogP contribution in [0.5, 0.6) is 0 Å². The van der Waals surface area contributed by atoms with Gasteiger partial charge in [-0.05, 0) is 30.5 Å². The zero-order valence-electron chi connectivity index (χ0n) is 15.6. The lowest BCUT2D eigenvalue weighted by molar-refractivity contribution is 0.396. The highest BCUT2D eigenvalue weighted by Crippen LogP contribution is 2.47. The molecule has 3 heteroatoms. The van der Waals surface area contributed by atoms with Crippen molar-refractivity contribution in [2.45, 2.75) is 51.9 Å². The van der Waals surface area contributed by atoms with Gasteiger partial charge in [-0.15, -0.1) is 0 Å². The Morgan fingerprint density at radius 3 is 2.32 bits per heavy atom. The van der Waals surface area contributed by atoms with Crippen molar-refractivity contribution in [3.8, 4) is 22.5 Å². The quantitative estimate of drug-likeness (QED) is 0.682. The molecule has 0 radical (unpaired) electrons. The Morgan fingerprint density at radius 1 is 0.920 bits per heavy atom. The standard InChI is InChI=1S/C22H25N3/c1-14-6-8-15(9-7-14)16-10-17(23-11-16)18-12-24-19-20(25-18)22(4,5)13-21(19,2)3/h6-12,23H,13H2,1-5H3. The molecule has 0 saturated carbocycles. The lowest BCUT2D eigenvalue weighted by Gasteiger charge is -2.21. The fraction of sp³-hybridized carbons (Fsp3) is 0.364. The van der Waals surface area contributed by atoms with Crippen LogP contribution in [0.2, 0.25) is 0 Å². The van der Waals surface area contributed by atoms with Crippen LogP contribution in [0.4, 0.5) is 0 Å². The zero-order valence-corrected chi connectivity index (χ0v) is 15.6. The highest BCUT2D eigenvalue weighted by molar-refractivity contribution is 5.70. The first-order valence-electron chi connectivity index (χ1n) is 8.90. The molecule has 1 N–H and O–H groups in total. The summed E-state index contributed by atoms with van der Waals surface area (Å²) in [4.78, 5) is 13.2. The van der Waals surface area contributed by atoms with Crippen molar-refractivity contribution in [1.82, 2.24) is 15.0 Å². The van der Waals surface area contributed by atoms with E-state index in [1.807, 2.05) is 12.4 Å². The fourth-order valence-electron chi connectivity index (χ4n) is 4.21. The molecule has 1 aromatic carbocycles. The predicted molar refractivity (Wildman–Crippen MR) is 103 cm³/mol. The minimum absolute atomic E-state index is 0.0637. The second kappa shape index (κ2) is 5.29. The first-order valence-corrected chi connectivity index (χ1v) is 8.90. The van der Waals surface area contributed by atoms with E-state index in [0.29, 0.717) is 0 Å². The van der Waals surface area contributed by atoms with E-state index in [9.17, 15) is 0 Å². The predicted octanol–water partition coefficient (Wildman–Crippen LogP) is 5.41. The molecule has 1 aliphatic carbocycles. The molecule has 3 aromatic rings. The van der Waals surface area contributed by atoms with Gasteiger partial charge in [0.2, 0.25) is 0 Å². The van der Waals surface area contributed by atoms with E-state index in [-0.39, 0.29) is 10.8 Å². The van der Waals surface area contributed by atoms with Gasteiger partial charge in [0.05, 0.1) is 23.3 Å². The van der Waals surface area contributed by atoms with Crippen molar-refractivity contribution in [2.24, 2.45) is 0 Å². The second-order valence-electron chi connectivity index (χ2n) is 8.57. The Hall–Kier alpha value is -2.42. The summed E-state index contributed by atoms with van der Waals surface area (Å²) in [7, 11) is 0. The average Bonchev–Trinajstić information content (AvgIpc) is 3.10. The summed E-state index contributed by atoms with van der Waals surface area (Å²) >= 11 is 0. The molecule has 2 aromatic heterocycles. The number of H-pyrrole nitrogens is 1. The number of hydrogen-bond acceptors (Lipinski definition) is 2. The summed E-state index contributed by atoms with van der Waals surface area (Å²) in [5, 5.41) is 0. The van der Waals surface area contributed by atoms with Crippen molar-refractivity contribution < 1.29 is 0 Å². The van der Waals surface area contributed by atoms with Gasteiger partial charge in [0, 0.05) is 17.0 Å². The topological polar surface area (TPSA) is 41.6 Å². The maximum atomic E-state index is 5.00. The van der Waals surface area contributed by atoms with Gasteiger partial charge in [-0.3, -0.25) is 4.98 Å². The van der Waals surface area contributed by atoms with Gasteiger partial charge in [0.15, 0.2) is 0 Å². The molecule has 0 aliphatic heterocycles. The normalized spacial score (nSPS) is 17.5. The van der Waals surface area contributed by atoms with Crippen LogP contribution in [0.15, 0.2) is 42.7 Å². The third-order valence-electron chi connectivity index (χ3n) is 5.28. The molecule has 4 rings (SSSR count). The molecule has 0 atom stereocenters. The van der Waals surface area contributed by atoms with E-state index in [4.69, 9.17) is 9.97 Å². The number of aromatic amines is 1. The molecule has 0 spiro atoms. The van der Waals surface area contributed by atoms with Gasteiger partial charge in [0.25, 0.3) is 0 Å². The number of rotatable bonds is 2.